The molecule has 3 aromatic rings. The molecule has 0 unspecified atom stereocenters. The zero-order valence-electron chi connectivity index (χ0n) is 17.3. The summed E-state index contributed by atoms with van der Waals surface area (Å²) in [7, 11) is 1.32. The Balaban J connectivity index is 1.50. The SMILES string of the molecule is COC(=O)c1ccc(NC(=O)c2cc3cc4c5c(c3oc2=N)CCCN5CCC4)cc1. The number of fused-ring (bicyclic) bond motifs is 2. The van der Waals surface area contributed by atoms with E-state index in [1.165, 1.54) is 18.4 Å². The summed E-state index contributed by atoms with van der Waals surface area (Å²) in [5, 5.41) is 12.0. The lowest BCUT2D eigenvalue weighted by atomic mass is 9.90. The van der Waals surface area contributed by atoms with Crippen molar-refractivity contribution in [2.75, 3.05) is 30.4 Å². The van der Waals surface area contributed by atoms with Crippen LogP contribution in [0.1, 0.15) is 44.7 Å². The first-order valence-corrected chi connectivity index (χ1v) is 10.5. The van der Waals surface area contributed by atoms with Gasteiger partial charge in [-0.2, -0.15) is 0 Å². The molecule has 0 saturated heterocycles. The van der Waals surface area contributed by atoms with E-state index in [0.717, 1.165) is 49.7 Å². The average Bonchev–Trinajstić information content (AvgIpc) is 2.79. The molecule has 2 aliphatic rings. The summed E-state index contributed by atoms with van der Waals surface area (Å²) in [5.41, 5.74) is 5.40. The Hall–Kier alpha value is -3.61. The van der Waals surface area contributed by atoms with E-state index in [1.807, 2.05) is 0 Å². The molecule has 0 fully saturated rings. The molecule has 3 heterocycles. The normalized spacial score (nSPS) is 14.8. The fourth-order valence-electron chi connectivity index (χ4n) is 4.64. The number of rotatable bonds is 3. The number of nitrogens with one attached hydrogen (secondary N) is 2. The van der Waals surface area contributed by atoms with Gasteiger partial charge >= 0.3 is 5.97 Å². The van der Waals surface area contributed by atoms with E-state index in [9.17, 15) is 9.59 Å². The number of carbonyl (C=O) groups is 2. The number of benzene rings is 2. The molecule has 0 atom stereocenters. The number of hydrogen-bond donors (Lipinski definition) is 2. The van der Waals surface area contributed by atoms with Gasteiger partial charge in [0.15, 0.2) is 0 Å². The molecule has 31 heavy (non-hydrogen) atoms. The van der Waals surface area contributed by atoms with Gasteiger partial charge in [0.25, 0.3) is 5.91 Å². The van der Waals surface area contributed by atoms with Crippen LogP contribution in [0.5, 0.6) is 0 Å². The van der Waals surface area contributed by atoms with Crippen molar-refractivity contribution in [3.05, 3.63) is 64.2 Å². The van der Waals surface area contributed by atoms with E-state index in [2.05, 4.69) is 21.0 Å². The van der Waals surface area contributed by atoms with Gasteiger partial charge in [0.2, 0.25) is 5.55 Å². The number of methoxy groups -OCH3 is 1. The molecule has 2 aromatic carbocycles. The van der Waals surface area contributed by atoms with Crippen molar-refractivity contribution in [2.45, 2.75) is 25.7 Å². The monoisotopic (exact) mass is 417 g/mol. The highest BCUT2D eigenvalue weighted by Gasteiger charge is 2.27. The van der Waals surface area contributed by atoms with Crippen molar-refractivity contribution in [3.63, 3.8) is 0 Å². The minimum atomic E-state index is -0.439. The predicted octanol–water partition coefficient (Wildman–Crippen LogP) is 3.65. The molecule has 5 rings (SSSR count). The van der Waals surface area contributed by atoms with Gasteiger partial charge in [0, 0.05) is 35.4 Å². The second-order valence-corrected chi connectivity index (χ2v) is 7.99. The summed E-state index contributed by atoms with van der Waals surface area (Å²) in [5.74, 6) is -0.861. The lowest BCUT2D eigenvalue weighted by Crippen LogP contribution is -2.34. The molecule has 0 radical (unpaired) electrons. The Bertz CT molecular complexity index is 1260. The topological polar surface area (TPSA) is 95.6 Å². The fraction of sp³-hybridized carbons (Fsp3) is 0.292. The first kappa shape index (κ1) is 19.4. The van der Waals surface area contributed by atoms with E-state index < -0.39 is 11.9 Å². The smallest absolute Gasteiger partial charge is 0.337 e. The number of hydrogen-bond acceptors (Lipinski definition) is 6. The van der Waals surface area contributed by atoms with Gasteiger partial charge in [-0.1, -0.05) is 0 Å². The van der Waals surface area contributed by atoms with E-state index in [-0.39, 0.29) is 11.1 Å². The molecule has 2 aliphatic heterocycles. The van der Waals surface area contributed by atoms with Crippen LogP contribution in [0.15, 0.2) is 40.8 Å². The van der Waals surface area contributed by atoms with Crippen molar-refractivity contribution in [1.29, 1.82) is 5.41 Å². The van der Waals surface area contributed by atoms with Gasteiger partial charge in [-0.15, -0.1) is 0 Å². The van der Waals surface area contributed by atoms with Crippen LogP contribution in [0.3, 0.4) is 0 Å². The second kappa shape index (κ2) is 7.58. The number of carbonyl (C=O) groups excluding carboxylic acids is 2. The van der Waals surface area contributed by atoms with Gasteiger partial charge in [0.05, 0.1) is 12.7 Å². The average molecular weight is 417 g/mol. The summed E-state index contributed by atoms with van der Waals surface area (Å²) in [6, 6.07) is 10.3. The Morgan fingerprint density at radius 1 is 1.10 bits per heavy atom. The highest BCUT2D eigenvalue weighted by atomic mass is 16.5. The number of aryl methyl sites for hydroxylation is 2. The van der Waals surface area contributed by atoms with E-state index >= 15 is 0 Å². The van der Waals surface area contributed by atoms with Gasteiger partial charge in [-0.05, 0) is 67.6 Å². The van der Waals surface area contributed by atoms with Crippen LogP contribution in [-0.4, -0.2) is 32.1 Å². The molecular formula is C24H23N3O4. The zero-order chi connectivity index (χ0) is 21.5. The summed E-state index contributed by atoms with van der Waals surface area (Å²) in [6.07, 6.45) is 4.14. The third kappa shape index (κ3) is 3.36. The van der Waals surface area contributed by atoms with Crippen LogP contribution in [0.25, 0.3) is 11.0 Å². The predicted molar refractivity (Wildman–Crippen MR) is 117 cm³/mol. The van der Waals surface area contributed by atoms with Crippen molar-refractivity contribution in [1.82, 2.24) is 0 Å². The van der Waals surface area contributed by atoms with Crippen molar-refractivity contribution < 1.29 is 18.7 Å². The van der Waals surface area contributed by atoms with E-state index in [4.69, 9.17) is 9.83 Å². The minimum absolute atomic E-state index is 0.152. The van der Waals surface area contributed by atoms with Gasteiger partial charge < -0.3 is 19.4 Å². The highest BCUT2D eigenvalue weighted by Crippen LogP contribution is 2.39. The maximum atomic E-state index is 12.9. The Morgan fingerprint density at radius 2 is 1.84 bits per heavy atom. The largest absolute Gasteiger partial charge is 0.465 e. The Labute approximate surface area is 179 Å². The Kier molecular flexibility index (Phi) is 4.73. The van der Waals surface area contributed by atoms with Crippen LogP contribution in [0, 0.1) is 5.41 Å². The third-order valence-electron chi connectivity index (χ3n) is 6.06. The first-order chi connectivity index (χ1) is 15.0. The second-order valence-electron chi connectivity index (χ2n) is 7.99. The summed E-state index contributed by atoms with van der Waals surface area (Å²) in [4.78, 5) is 26.9. The van der Waals surface area contributed by atoms with Crippen molar-refractivity contribution in [2.24, 2.45) is 0 Å². The third-order valence-corrected chi connectivity index (χ3v) is 6.06. The lowest BCUT2D eigenvalue weighted by molar-refractivity contribution is 0.0600. The molecule has 1 amide bonds. The molecule has 1 aromatic heterocycles. The molecule has 2 N–H and O–H groups in total. The molecule has 0 aliphatic carbocycles. The summed E-state index contributed by atoms with van der Waals surface area (Å²) in [6.45, 7) is 2.13. The van der Waals surface area contributed by atoms with Gasteiger partial charge in [-0.3, -0.25) is 10.2 Å². The van der Waals surface area contributed by atoms with Gasteiger partial charge in [0.1, 0.15) is 11.1 Å². The molecule has 0 saturated carbocycles. The number of amides is 1. The maximum Gasteiger partial charge on any atom is 0.337 e. The first-order valence-electron chi connectivity index (χ1n) is 10.5. The number of anilines is 2. The maximum absolute atomic E-state index is 12.9. The van der Waals surface area contributed by atoms with Crippen LogP contribution < -0.4 is 15.8 Å². The minimum Gasteiger partial charge on any atom is -0.465 e. The number of esters is 1. The molecule has 158 valence electrons. The molecular weight excluding hydrogens is 394 g/mol. The summed E-state index contributed by atoms with van der Waals surface area (Å²) < 4.78 is 10.6. The van der Waals surface area contributed by atoms with E-state index in [0.29, 0.717) is 16.8 Å². The number of nitrogens with zero attached hydrogens (tertiary/aromatic N) is 1. The van der Waals surface area contributed by atoms with Crippen LogP contribution in [-0.2, 0) is 17.6 Å². The summed E-state index contributed by atoms with van der Waals surface area (Å²) >= 11 is 0. The van der Waals surface area contributed by atoms with Crippen LogP contribution >= 0.6 is 0 Å². The molecule has 7 nitrogen and oxygen atoms in total. The standard InChI is InChI=1S/C24H23N3O4/c1-30-24(29)14-6-8-17(9-7-14)26-23(28)19-13-16-12-15-4-2-10-27-11-3-5-18(20(15)27)21(16)31-22(19)25/h6-9,12-13,25H,2-5,10-11H2,1H3,(H,26,28). The lowest BCUT2D eigenvalue weighted by Gasteiger charge is -2.37. The van der Waals surface area contributed by atoms with Crippen molar-refractivity contribution in [3.8, 4) is 0 Å². The Morgan fingerprint density at radius 3 is 2.58 bits per heavy atom. The number of ether oxygens (including phenoxy) is 1. The quantitative estimate of drug-likeness (QED) is 0.634. The molecule has 0 spiro atoms. The molecule has 0 bridgehead atoms. The van der Waals surface area contributed by atoms with E-state index in [1.54, 1.807) is 30.3 Å². The highest BCUT2D eigenvalue weighted by molar-refractivity contribution is 6.06. The van der Waals surface area contributed by atoms with Crippen molar-refractivity contribution >= 4 is 34.2 Å². The van der Waals surface area contributed by atoms with Crippen LogP contribution in [0.4, 0.5) is 11.4 Å². The fourth-order valence-corrected chi connectivity index (χ4v) is 4.64. The van der Waals surface area contributed by atoms with Gasteiger partial charge in [-0.25, -0.2) is 4.79 Å². The van der Waals surface area contributed by atoms with Crippen LogP contribution in [0.2, 0.25) is 0 Å². The zero-order valence-corrected chi connectivity index (χ0v) is 17.3. The molecule has 7 heteroatoms.